The molecule has 0 radical (unpaired) electrons. The Labute approximate surface area is 181 Å². The molecule has 2 aromatic carbocycles. The van der Waals surface area contributed by atoms with Gasteiger partial charge in [-0.25, -0.2) is 0 Å². The summed E-state index contributed by atoms with van der Waals surface area (Å²) in [5.41, 5.74) is 0.641. The molecule has 29 heavy (non-hydrogen) atoms. The van der Waals surface area contributed by atoms with Crippen LogP contribution in [0.25, 0.3) is 0 Å². The average molecular weight is 437 g/mol. The molecule has 0 unspecified atom stereocenters. The molecule has 0 aromatic heterocycles. The van der Waals surface area contributed by atoms with Crippen LogP contribution in [0.4, 0.5) is 0 Å². The number of amides is 1. The van der Waals surface area contributed by atoms with Gasteiger partial charge in [0.2, 0.25) is 0 Å². The quantitative estimate of drug-likeness (QED) is 0.653. The number of ether oxygens (including phenoxy) is 2. The molecule has 5 nitrogen and oxygen atoms in total. The Kier molecular flexibility index (Phi) is 8.04. The molecular weight excluding hydrogens is 411 g/mol. The molecule has 7 heteroatoms. The summed E-state index contributed by atoms with van der Waals surface area (Å²) < 4.78 is 11.4. The Morgan fingerprint density at radius 1 is 1.07 bits per heavy atom. The maximum Gasteiger partial charge on any atom is 0.251 e. The van der Waals surface area contributed by atoms with Crippen LogP contribution in [0.3, 0.4) is 0 Å². The summed E-state index contributed by atoms with van der Waals surface area (Å²) >= 11 is 12.0. The van der Waals surface area contributed by atoms with E-state index in [1.165, 1.54) is 0 Å². The fourth-order valence-electron chi connectivity index (χ4n) is 3.29. The van der Waals surface area contributed by atoms with Crippen molar-refractivity contribution < 1.29 is 14.3 Å². The van der Waals surface area contributed by atoms with Crippen LogP contribution in [0.15, 0.2) is 42.5 Å². The van der Waals surface area contributed by atoms with Gasteiger partial charge in [0.15, 0.2) is 0 Å². The van der Waals surface area contributed by atoms with Gasteiger partial charge < -0.3 is 19.7 Å². The summed E-state index contributed by atoms with van der Waals surface area (Å²) in [6.07, 6.45) is 2.04. The number of halogens is 2. The highest BCUT2D eigenvalue weighted by Gasteiger charge is 2.20. The molecule has 1 fully saturated rings. The van der Waals surface area contributed by atoms with Gasteiger partial charge in [-0.1, -0.05) is 23.2 Å². The fraction of sp³-hybridized carbons (Fsp3) is 0.409. The molecule has 1 saturated heterocycles. The van der Waals surface area contributed by atoms with Crippen LogP contribution in [0, 0.1) is 0 Å². The zero-order chi connectivity index (χ0) is 20.6. The van der Waals surface area contributed by atoms with Gasteiger partial charge in [0.05, 0.1) is 16.7 Å². The normalized spacial score (nSPS) is 15.1. The second-order valence-electron chi connectivity index (χ2n) is 6.95. The Bertz CT molecular complexity index is 806. The van der Waals surface area contributed by atoms with Crippen molar-refractivity contribution in [3.8, 4) is 11.5 Å². The topological polar surface area (TPSA) is 50.8 Å². The average Bonchev–Trinajstić information content (AvgIpc) is 2.73. The lowest BCUT2D eigenvalue weighted by molar-refractivity contribution is 0.0905. The van der Waals surface area contributed by atoms with Gasteiger partial charge in [-0.3, -0.25) is 4.79 Å². The zero-order valence-corrected chi connectivity index (χ0v) is 18.0. The SMILES string of the molecule is CCOc1ccc(C(=O)NCCN2CCC(Oc3ccc(Cl)c(Cl)c3)CC2)cc1. The minimum Gasteiger partial charge on any atom is -0.494 e. The summed E-state index contributed by atoms with van der Waals surface area (Å²) in [5, 5.41) is 4.01. The van der Waals surface area contributed by atoms with E-state index in [4.69, 9.17) is 32.7 Å². The van der Waals surface area contributed by atoms with Crippen LogP contribution in [0.2, 0.25) is 10.0 Å². The molecule has 2 aromatic rings. The van der Waals surface area contributed by atoms with Crippen LogP contribution in [-0.2, 0) is 0 Å². The smallest absolute Gasteiger partial charge is 0.251 e. The summed E-state index contributed by atoms with van der Waals surface area (Å²) in [5.74, 6) is 1.46. The maximum atomic E-state index is 12.3. The summed E-state index contributed by atoms with van der Waals surface area (Å²) in [7, 11) is 0. The first kappa shape index (κ1) is 21.8. The van der Waals surface area contributed by atoms with Gasteiger partial charge in [0.1, 0.15) is 17.6 Å². The Morgan fingerprint density at radius 3 is 2.41 bits per heavy atom. The summed E-state index contributed by atoms with van der Waals surface area (Å²) in [4.78, 5) is 14.6. The highest BCUT2D eigenvalue weighted by Crippen LogP contribution is 2.28. The number of piperidine rings is 1. The van der Waals surface area contributed by atoms with Crippen LogP contribution in [0.5, 0.6) is 11.5 Å². The van der Waals surface area contributed by atoms with E-state index in [9.17, 15) is 4.79 Å². The Balaban J connectivity index is 1.36. The van der Waals surface area contributed by atoms with Gasteiger partial charge in [-0.2, -0.15) is 0 Å². The molecule has 1 heterocycles. The number of benzene rings is 2. The molecule has 1 N–H and O–H groups in total. The van der Waals surface area contributed by atoms with E-state index < -0.39 is 0 Å². The van der Waals surface area contributed by atoms with Crippen LogP contribution in [0.1, 0.15) is 30.1 Å². The van der Waals surface area contributed by atoms with Crippen LogP contribution < -0.4 is 14.8 Å². The number of nitrogens with zero attached hydrogens (tertiary/aromatic N) is 1. The Hall–Kier alpha value is -1.95. The molecule has 0 saturated carbocycles. The zero-order valence-electron chi connectivity index (χ0n) is 16.5. The van der Waals surface area contributed by atoms with Crippen molar-refractivity contribution in [1.29, 1.82) is 0 Å². The van der Waals surface area contributed by atoms with Crippen molar-refractivity contribution in [2.45, 2.75) is 25.9 Å². The third-order valence-electron chi connectivity index (χ3n) is 4.87. The second-order valence-corrected chi connectivity index (χ2v) is 7.76. The lowest BCUT2D eigenvalue weighted by Crippen LogP contribution is -2.42. The largest absolute Gasteiger partial charge is 0.494 e. The first-order chi connectivity index (χ1) is 14.0. The molecule has 0 atom stereocenters. The number of rotatable bonds is 8. The monoisotopic (exact) mass is 436 g/mol. The second kappa shape index (κ2) is 10.7. The highest BCUT2D eigenvalue weighted by atomic mass is 35.5. The van der Waals surface area contributed by atoms with Crippen molar-refractivity contribution in [3.63, 3.8) is 0 Å². The standard InChI is InChI=1S/C22H26Cl2N2O3/c1-2-28-17-5-3-16(4-6-17)22(27)25-11-14-26-12-9-18(10-13-26)29-19-7-8-20(23)21(24)15-19/h3-8,15,18H,2,9-14H2,1H3,(H,25,27). The molecule has 0 aliphatic carbocycles. The van der Waals surface area contributed by atoms with E-state index in [1.54, 1.807) is 24.3 Å². The first-order valence-corrected chi connectivity index (χ1v) is 10.7. The third-order valence-corrected chi connectivity index (χ3v) is 5.61. The summed E-state index contributed by atoms with van der Waals surface area (Å²) in [6.45, 7) is 5.85. The van der Waals surface area contributed by atoms with E-state index in [-0.39, 0.29) is 12.0 Å². The van der Waals surface area contributed by atoms with Gasteiger partial charge in [0.25, 0.3) is 5.91 Å². The predicted molar refractivity (Wildman–Crippen MR) is 116 cm³/mol. The number of carbonyl (C=O) groups excluding carboxylic acids is 1. The fourth-order valence-corrected chi connectivity index (χ4v) is 3.58. The minimum absolute atomic E-state index is 0.0640. The molecule has 1 amide bonds. The van der Waals surface area contributed by atoms with E-state index in [1.807, 2.05) is 25.1 Å². The molecule has 0 bridgehead atoms. The molecule has 156 valence electrons. The number of likely N-dealkylation sites (tertiary alicyclic amines) is 1. The number of carbonyl (C=O) groups is 1. The number of hydrogen-bond acceptors (Lipinski definition) is 4. The van der Waals surface area contributed by atoms with Gasteiger partial charge >= 0.3 is 0 Å². The molecule has 3 rings (SSSR count). The molecule has 1 aliphatic heterocycles. The predicted octanol–water partition coefficient (Wildman–Crippen LogP) is 4.67. The first-order valence-electron chi connectivity index (χ1n) is 9.90. The van der Waals surface area contributed by atoms with Crippen LogP contribution >= 0.6 is 23.2 Å². The minimum atomic E-state index is -0.0640. The van der Waals surface area contributed by atoms with E-state index in [0.717, 1.165) is 44.0 Å². The van der Waals surface area contributed by atoms with E-state index >= 15 is 0 Å². The van der Waals surface area contributed by atoms with Crippen molar-refractivity contribution in [1.82, 2.24) is 10.2 Å². The molecule has 0 spiro atoms. The van der Waals surface area contributed by atoms with Crippen molar-refractivity contribution in [2.75, 3.05) is 32.8 Å². The number of hydrogen-bond donors (Lipinski definition) is 1. The summed E-state index contributed by atoms with van der Waals surface area (Å²) in [6, 6.07) is 12.6. The third kappa shape index (κ3) is 6.53. The van der Waals surface area contributed by atoms with Crippen LogP contribution in [-0.4, -0.2) is 49.7 Å². The van der Waals surface area contributed by atoms with Gasteiger partial charge in [0, 0.05) is 37.8 Å². The molecule has 1 aliphatic rings. The lowest BCUT2D eigenvalue weighted by Gasteiger charge is -2.32. The van der Waals surface area contributed by atoms with E-state index in [0.29, 0.717) is 28.8 Å². The number of nitrogens with one attached hydrogen (secondary N) is 1. The highest BCUT2D eigenvalue weighted by molar-refractivity contribution is 6.42. The Morgan fingerprint density at radius 2 is 1.76 bits per heavy atom. The van der Waals surface area contributed by atoms with Crippen molar-refractivity contribution >= 4 is 29.1 Å². The van der Waals surface area contributed by atoms with E-state index in [2.05, 4.69) is 10.2 Å². The van der Waals surface area contributed by atoms with Gasteiger partial charge in [-0.05, 0) is 56.2 Å². The lowest BCUT2D eigenvalue weighted by atomic mass is 10.1. The maximum absolute atomic E-state index is 12.3. The van der Waals surface area contributed by atoms with Crippen molar-refractivity contribution in [2.24, 2.45) is 0 Å². The van der Waals surface area contributed by atoms with Crippen molar-refractivity contribution in [3.05, 3.63) is 58.1 Å². The van der Waals surface area contributed by atoms with Gasteiger partial charge in [-0.15, -0.1) is 0 Å². The molecular formula is C22H26Cl2N2O3.